The zero-order chi connectivity index (χ0) is 39.2. The molecule has 0 unspecified atom stereocenters. The first-order chi connectivity index (χ1) is 25.9. The predicted molar refractivity (Wildman–Crippen MR) is 191 cm³/mol. The maximum absolute atomic E-state index is 12.7. The van der Waals surface area contributed by atoms with Crippen LogP contribution in [0.15, 0.2) is 73.3 Å². The Bertz CT molecular complexity index is 1560. The van der Waals surface area contributed by atoms with Crippen molar-refractivity contribution < 1.29 is 61.9 Å². The Balaban J connectivity index is 1.80. The highest BCUT2D eigenvalue weighted by Gasteiger charge is 2.55. The lowest BCUT2D eigenvalue weighted by Gasteiger charge is -2.50. The molecular weight excluding hydrogens is 704 g/mol. The summed E-state index contributed by atoms with van der Waals surface area (Å²) in [5.74, 6) is -3.05. The zero-order valence-corrected chi connectivity index (χ0v) is 31.2. The van der Waals surface area contributed by atoms with Crippen molar-refractivity contribution in [2.75, 3.05) is 13.2 Å². The summed E-state index contributed by atoms with van der Waals surface area (Å²) in [6, 6.07) is 16.9. The van der Waals surface area contributed by atoms with Crippen LogP contribution in [0.4, 0.5) is 0 Å². The second-order valence-corrected chi connectivity index (χ2v) is 13.0. The largest absolute Gasteiger partial charge is 0.463 e. The molecule has 0 spiro atoms. The molecule has 2 aliphatic heterocycles. The molecule has 2 N–H and O–H groups in total. The quantitative estimate of drug-likeness (QED) is 0.137. The lowest BCUT2D eigenvalue weighted by atomic mass is 9.90. The van der Waals surface area contributed by atoms with Crippen LogP contribution in [-0.2, 0) is 75.1 Å². The summed E-state index contributed by atoms with van der Waals surface area (Å²) >= 11 is 0. The molecule has 10 atom stereocenters. The predicted octanol–water partition coefficient (Wildman–Crippen LogP) is 2.68. The van der Waals surface area contributed by atoms with Gasteiger partial charge in [-0.15, -0.1) is 6.58 Å². The van der Waals surface area contributed by atoms with Crippen LogP contribution in [0.1, 0.15) is 52.2 Å². The van der Waals surface area contributed by atoms with Gasteiger partial charge in [0.2, 0.25) is 11.8 Å². The highest BCUT2D eigenvalue weighted by molar-refractivity contribution is 5.74. The van der Waals surface area contributed by atoms with E-state index in [1.54, 1.807) is 6.08 Å². The minimum Gasteiger partial charge on any atom is -0.463 e. The Morgan fingerprint density at radius 3 is 1.76 bits per heavy atom. The van der Waals surface area contributed by atoms with Crippen molar-refractivity contribution in [3.8, 4) is 0 Å². The minimum atomic E-state index is -1.45. The number of hydrogen-bond acceptors (Lipinski definition) is 13. The van der Waals surface area contributed by atoms with Gasteiger partial charge < -0.3 is 48.5 Å². The smallest absolute Gasteiger partial charge is 0.303 e. The standard InChI is InChI=1S/C39H50N2O13/c1-7-14-30-33(40-23(2)42)37(49-20-29-17-12-9-13-18-29)35(31(52-30)21-47-19-28-15-10-8-11-16-28)54-39-34(41-24(3)43)38(51-27(6)46)36(50-26(5)45)32(53-39)22-48-25(4)44/h7-13,15-18,30-39H,1,14,19-22H2,2-6H3,(H,40,42)(H,41,43)/t30-,31+,32+,33-,34+,35+,36+,37+,38+,39-/m0/s1. The van der Waals surface area contributed by atoms with Crippen LogP contribution >= 0.6 is 0 Å². The molecule has 2 aromatic rings. The van der Waals surface area contributed by atoms with Gasteiger partial charge in [0.15, 0.2) is 18.5 Å². The summed E-state index contributed by atoms with van der Waals surface area (Å²) in [6.07, 6.45) is -6.87. The Morgan fingerprint density at radius 1 is 0.648 bits per heavy atom. The van der Waals surface area contributed by atoms with Crippen LogP contribution in [0.3, 0.4) is 0 Å². The fourth-order valence-corrected chi connectivity index (χ4v) is 6.48. The molecule has 15 nitrogen and oxygen atoms in total. The molecule has 2 aromatic carbocycles. The maximum atomic E-state index is 12.7. The normalized spacial score (nSPS) is 27.9. The highest BCUT2D eigenvalue weighted by atomic mass is 16.7. The fraction of sp³-hybridized carbons (Fsp3) is 0.513. The van der Waals surface area contributed by atoms with Crippen molar-refractivity contribution in [2.24, 2.45) is 0 Å². The third-order valence-corrected chi connectivity index (χ3v) is 8.60. The average molecular weight is 755 g/mol. The first-order valence-corrected chi connectivity index (χ1v) is 17.7. The Labute approximate surface area is 314 Å². The molecular formula is C39H50N2O13. The van der Waals surface area contributed by atoms with Gasteiger partial charge in [0.05, 0.1) is 32.0 Å². The van der Waals surface area contributed by atoms with Crippen molar-refractivity contribution >= 4 is 29.7 Å². The summed E-state index contributed by atoms with van der Waals surface area (Å²) in [5, 5.41) is 5.70. The van der Waals surface area contributed by atoms with Crippen molar-refractivity contribution in [3.05, 3.63) is 84.4 Å². The molecule has 2 aliphatic rings. The molecule has 2 heterocycles. The van der Waals surface area contributed by atoms with E-state index in [0.717, 1.165) is 25.0 Å². The Morgan fingerprint density at radius 2 is 1.20 bits per heavy atom. The number of nitrogens with one attached hydrogen (secondary N) is 2. The fourth-order valence-electron chi connectivity index (χ4n) is 6.48. The number of ether oxygens (including phenoxy) is 8. The van der Waals surface area contributed by atoms with Gasteiger partial charge in [0, 0.05) is 34.6 Å². The van der Waals surface area contributed by atoms with Gasteiger partial charge in [-0.3, -0.25) is 24.0 Å². The van der Waals surface area contributed by atoms with Gasteiger partial charge in [-0.2, -0.15) is 0 Å². The molecule has 294 valence electrons. The lowest BCUT2D eigenvalue weighted by molar-refractivity contribution is -0.321. The van der Waals surface area contributed by atoms with Gasteiger partial charge in [0.1, 0.15) is 37.1 Å². The molecule has 0 bridgehead atoms. The van der Waals surface area contributed by atoms with Crippen molar-refractivity contribution in [1.82, 2.24) is 10.6 Å². The molecule has 15 heteroatoms. The van der Waals surface area contributed by atoms with Crippen molar-refractivity contribution in [3.63, 3.8) is 0 Å². The number of esters is 3. The molecule has 0 radical (unpaired) electrons. The molecule has 2 fully saturated rings. The number of carbonyl (C=O) groups excluding carboxylic acids is 5. The average Bonchev–Trinajstić information content (AvgIpc) is 3.11. The monoisotopic (exact) mass is 754 g/mol. The topological polar surface area (TPSA) is 183 Å². The summed E-state index contributed by atoms with van der Waals surface area (Å²) in [4.78, 5) is 62.1. The minimum absolute atomic E-state index is 0.0109. The number of benzene rings is 2. The summed E-state index contributed by atoms with van der Waals surface area (Å²) in [5.41, 5.74) is 1.75. The molecule has 54 heavy (non-hydrogen) atoms. The van der Waals surface area contributed by atoms with Crippen molar-refractivity contribution in [2.45, 2.75) is 115 Å². The van der Waals surface area contributed by atoms with Crippen LogP contribution in [0.5, 0.6) is 0 Å². The van der Waals surface area contributed by atoms with E-state index >= 15 is 0 Å². The molecule has 2 saturated heterocycles. The molecule has 0 aromatic heterocycles. The van der Waals surface area contributed by atoms with Gasteiger partial charge >= 0.3 is 17.9 Å². The number of hydrogen-bond donors (Lipinski definition) is 2. The third kappa shape index (κ3) is 12.5. The van der Waals surface area contributed by atoms with E-state index in [4.69, 9.17) is 37.9 Å². The zero-order valence-electron chi connectivity index (χ0n) is 31.2. The van der Waals surface area contributed by atoms with E-state index in [2.05, 4.69) is 17.2 Å². The van der Waals surface area contributed by atoms with Crippen LogP contribution in [0.2, 0.25) is 0 Å². The Hall–Kier alpha value is -4.67. The molecule has 0 saturated carbocycles. The highest BCUT2D eigenvalue weighted by Crippen LogP contribution is 2.34. The van der Waals surface area contributed by atoms with Crippen LogP contribution in [0.25, 0.3) is 0 Å². The Kier molecular flexibility index (Phi) is 16.1. The SMILES string of the molecule is C=CC[C@@H]1O[C@H](COCc2ccccc2)[C@@H](O[C@@H]2O[C@H](COC(C)=O)[C@@H](OC(C)=O)[C@H](OC(C)=O)[C@H]2NC(C)=O)[C@H](OCc2ccccc2)[C@H]1NC(C)=O. The van der Waals surface area contributed by atoms with E-state index < -0.39 is 91.5 Å². The molecule has 0 aliphatic carbocycles. The number of carbonyl (C=O) groups is 5. The van der Waals surface area contributed by atoms with Gasteiger partial charge in [-0.25, -0.2) is 0 Å². The van der Waals surface area contributed by atoms with E-state index in [0.29, 0.717) is 6.42 Å². The second kappa shape index (κ2) is 20.7. The van der Waals surface area contributed by atoms with Gasteiger partial charge in [-0.05, 0) is 17.5 Å². The summed E-state index contributed by atoms with van der Waals surface area (Å²) < 4.78 is 49.1. The second-order valence-electron chi connectivity index (χ2n) is 13.0. The van der Waals surface area contributed by atoms with Crippen LogP contribution < -0.4 is 10.6 Å². The van der Waals surface area contributed by atoms with E-state index in [1.807, 2.05) is 60.7 Å². The maximum Gasteiger partial charge on any atom is 0.303 e. The number of amides is 2. The van der Waals surface area contributed by atoms with Crippen LogP contribution in [0, 0.1) is 0 Å². The third-order valence-electron chi connectivity index (χ3n) is 8.60. The first kappa shape index (κ1) is 42.1. The van der Waals surface area contributed by atoms with Gasteiger partial charge in [-0.1, -0.05) is 66.7 Å². The number of rotatable bonds is 17. The first-order valence-electron chi connectivity index (χ1n) is 17.7. The van der Waals surface area contributed by atoms with Crippen molar-refractivity contribution in [1.29, 1.82) is 0 Å². The van der Waals surface area contributed by atoms with Gasteiger partial charge in [0.25, 0.3) is 0 Å². The lowest BCUT2D eigenvalue weighted by Crippen LogP contribution is -2.70. The summed E-state index contributed by atoms with van der Waals surface area (Å²) in [6.45, 7) is 9.93. The molecule has 2 amide bonds. The molecule has 4 rings (SSSR count). The van der Waals surface area contributed by atoms with E-state index in [1.165, 1.54) is 20.8 Å². The van der Waals surface area contributed by atoms with E-state index in [9.17, 15) is 24.0 Å². The van der Waals surface area contributed by atoms with E-state index in [-0.39, 0.29) is 25.7 Å². The van der Waals surface area contributed by atoms with Crippen LogP contribution in [-0.4, -0.2) is 104 Å². The summed E-state index contributed by atoms with van der Waals surface area (Å²) in [7, 11) is 0.